The van der Waals surface area contributed by atoms with Gasteiger partial charge in [0, 0.05) is 0 Å². The first-order chi connectivity index (χ1) is 3.93. The van der Waals surface area contributed by atoms with E-state index in [-0.39, 0.29) is 0 Å². The molecule has 0 aromatic carbocycles. The Hall–Kier alpha value is -0.300. The maximum absolute atomic E-state index is 5.19. The van der Waals surface area contributed by atoms with Crippen molar-refractivity contribution in [3.8, 4) is 0 Å². The maximum atomic E-state index is 5.19. The zero-order chi connectivity index (χ0) is 5.56. The number of hydrogen-bond acceptors (Lipinski definition) is 1. The van der Waals surface area contributed by atoms with Gasteiger partial charge in [0.1, 0.15) is 0 Å². The number of rotatable bonds is 1. The standard InChI is InChI=1S/C7H10O/c1-2-5-6-3-8-4-7(5)6/h2,5-7H,1,3-4H2. The molecule has 2 unspecified atom stereocenters. The van der Waals surface area contributed by atoms with E-state index in [1.165, 1.54) is 0 Å². The number of hydrogen-bond donors (Lipinski definition) is 0. The van der Waals surface area contributed by atoms with Gasteiger partial charge in [-0.25, -0.2) is 0 Å². The average molecular weight is 110 g/mol. The first-order valence-electron chi connectivity index (χ1n) is 3.14. The molecule has 0 radical (unpaired) electrons. The molecule has 2 atom stereocenters. The molecule has 1 aliphatic heterocycles. The van der Waals surface area contributed by atoms with Gasteiger partial charge in [-0.05, 0) is 17.8 Å². The molecule has 2 rings (SSSR count). The van der Waals surface area contributed by atoms with Gasteiger partial charge in [0.15, 0.2) is 0 Å². The minimum absolute atomic E-state index is 0.809. The van der Waals surface area contributed by atoms with Crippen molar-refractivity contribution in [1.82, 2.24) is 0 Å². The molecule has 1 aliphatic carbocycles. The zero-order valence-corrected chi connectivity index (χ0v) is 4.84. The van der Waals surface area contributed by atoms with Gasteiger partial charge in [-0.3, -0.25) is 0 Å². The van der Waals surface area contributed by atoms with E-state index in [4.69, 9.17) is 4.74 Å². The van der Waals surface area contributed by atoms with Crippen molar-refractivity contribution < 1.29 is 4.74 Å². The van der Waals surface area contributed by atoms with Crippen molar-refractivity contribution in [2.75, 3.05) is 13.2 Å². The molecule has 0 amide bonds. The molecule has 2 aliphatic rings. The van der Waals surface area contributed by atoms with Gasteiger partial charge in [0.25, 0.3) is 0 Å². The molecule has 1 nitrogen and oxygen atoms in total. The molecule has 2 fully saturated rings. The molecule has 8 heavy (non-hydrogen) atoms. The van der Waals surface area contributed by atoms with E-state index in [9.17, 15) is 0 Å². The molecule has 44 valence electrons. The van der Waals surface area contributed by atoms with Crippen LogP contribution in [0.4, 0.5) is 0 Å². The van der Waals surface area contributed by atoms with Crippen LogP contribution in [0.3, 0.4) is 0 Å². The summed E-state index contributed by atoms with van der Waals surface area (Å²) in [5, 5.41) is 0. The zero-order valence-electron chi connectivity index (χ0n) is 4.84. The Balaban J connectivity index is 2.03. The molecule has 1 heterocycles. The normalized spacial score (nSPS) is 50.8. The molecule has 1 saturated carbocycles. The Morgan fingerprint density at radius 1 is 1.38 bits per heavy atom. The van der Waals surface area contributed by atoms with Gasteiger partial charge >= 0.3 is 0 Å². The summed E-state index contributed by atoms with van der Waals surface area (Å²) in [6.45, 7) is 5.72. The van der Waals surface area contributed by atoms with E-state index < -0.39 is 0 Å². The van der Waals surface area contributed by atoms with Crippen LogP contribution in [0.15, 0.2) is 12.7 Å². The lowest BCUT2D eigenvalue weighted by atomic mass is 10.3. The monoisotopic (exact) mass is 110 g/mol. The second kappa shape index (κ2) is 1.35. The topological polar surface area (TPSA) is 9.23 Å². The summed E-state index contributed by atoms with van der Waals surface area (Å²) in [7, 11) is 0. The van der Waals surface area contributed by atoms with Crippen molar-refractivity contribution in [3.05, 3.63) is 12.7 Å². The van der Waals surface area contributed by atoms with Crippen LogP contribution in [0.25, 0.3) is 0 Å². The summed E-state index contributed by atoms with van der Waals surface area (Å²) in [4.78, 5) is 0. The summed E-state index contributed by atoms with van der Waals surface area (Å²) >= 11 is 0. The summed E-state index contributed by atoms with van der Waals surface area (Å²) in [5.41, 5.74) is 0. The van der Waals surface area contributed by atoms with Gasteiger partial charge in [-0.1, -0.05) is 6.08 Å². The molecule has 0 bridgehead atoms. The molecular formula is C7H10O. The van der Waals surface area contributed by atoms with E-state index in [2.05, 4.69) is 12.7 Å². The highest BCUT2D eigenvalue weighted by Crippen LogP contribution is 2.51. The van der Waals surface area contributed by atoms with E-state index in [0.29, 0.717) is 0 Å². The van der Waals surface area contributed by atoms with Gasteiger partial charge in [0.05, 0.1) is 13.2 Å². The van der Waals surface area contributed by atoms with Gasteiger partial charge < -0.3 is 4.74 Å². The van der Waals surface area contributed by atoms with E-state index in [0.717, 1.165) is 31.0 Å². The third-order valence-electron chi connectivity index (χ3n) is 2.29. The minimum Gasteiger partial charge on any atom is -0.381 e. The Kier molecular flexibility index (Phi) is 0.770. The molecule has 0 N–H and O–H groups in total. The summed E-state index contributed by atoms with van der Waals surface area (Å²) in [6, 6.07) is 0. The highest BCUT2D eigenvalue weighted by atomic mass is 16.5. The van der Waals surface area contributed by atoms with Crippen molar-refractivity contribution in [2.45, 2.75) is 0 Å². The van der Waals surface area contributed by atoms with Gasteiger partial charge in [0.2, 0.25) is 0 Å². The second-order valence-corrected chi connectivity index (χ2v) is 2.68. The van der Waals surface area contributed by atoms with E-state index in [1.807, 2.05) is 0 Å². The van der Waals surface area contributed by atoms with E-state index >= 15 is 0 Å². The van der Waals surface area contributed by atoms with Gasteiger partial charge in [-0.15, -0.1) is 6.58 Å². The van der Waals surface area contributed by atoms with Gasteiger partial charge in [-0.2, -0.15) is 0 Å². The average Bonchev–Trinajstić information content (AvgIpc) is 2.22. The first kappa shape index (κ1) is 4.57. The van der Waals surface area contributed by atoms with E-state index in [1.54, 1.807) is 0 Å². The predicted molar refractivity (Wildman–Crippen MR) is 31.5 cm³/mol. The summed E-state index contributed by atoms with van der Waals surface area (Å²) in [5.74, 6) is 2.52. The molecule has 0 aromatic heterocycles. The SMILES string of the molecule is C=CC1C2COCC12. The number of fused-ring (bicyclic) bond motifs is 1. The molecule has 1 saturated heterocycles. The predicted octanol–water partition coefficient (Wildman–Crippen LogP) is 1.06. The van der Waals surface area contributed by atoms with Crippen LogP contribution >= 0.6 is 0 Å². The molecule has 0 aromatic rings. The Morgan fingerprint density at radius 2 is 2.00 bits per heavy atom. The van der Waals surface area contributed by atoms with Crippen molar-refractivity contribution >= 4 is 0 Å². The van der Waals surface area contributed by atoms with Crippen LogP contribution in [0, 0.1) is 17.8 Å². The fourth-order valence-electron chi connectivity index (χ4n) is 1.63. The van der Waals surface area contributed by atoms with Crippen molar-refractivity contribution in [2.24, 2.45) is 17.8 Å². The molecular weight excluding hydrogens is 100 g/mol. The lowest BCUT2D eigenvalue weighted by molar-refractivity contribution is 0.157. The van der Waals surface area contributed by atoms with Crippen LogP contribution in [0.2, 0.25) is 0 Å². The fourth-order valence-corrected chi connectivity index (χ4v) is 1.63. The van der Waals surface area contributed by atoms with Crippen molar-refractivity contribution in [3.63, 3.8) is 0 Å². The maximum Gasteiger partial charge on any atom is 0.0503 e. The highest BCUT2D eigenvalue weighted by molar-refractivity contribution is 5.08. The van der Waals surface area contributed by atoms with Crippen LogP contribution in [-0.4, -0.2) is 13.2 Å². The van der Waals surface area contributed by atoms with Crippen LogP contribution in [0.5, 0.6) is 0 Å². The second-order valence-electron chi connectivity index (χ2n) is 2.68. The highest BCUT2D eigenvalue weighted by Gasteiger charge is 2.51. The quantitative estimate of drug-likeness (QED) is 0.459. The molecule has 1 heteroatoms. The van der Waals surface area contributed by atoms with Crippen LogP contribution < -0.4 is 0 Å². The lowest BCUT2D eigenvalue weighted by Gasteiger charge is -1.94. The smallest absolute Gasteiger partial charge is 0.0503 e. The Bertz CT molecular complexity index is 110. The third kappa shape index (κ3) is 0.402. The lowest BCUT2D eigenvalue weighted by Crippen LogP contribution is -1.94. The van der Waals surface area contributed by atoms with Crippen LogP contribution in [-0.2, 0) is 4.74 Å². The number of ether oxygens (including phenoxy) is 1. The Labute approximate surface area is 49.3 Å². The molecule has 0 spiro atoms. The van der Waals surface area contributed by atoms with Crippen molar-refractivity contribution in [1.29, 1.82) is 0 Å². The largest absolute Gasteiger partial charge is 0.381 e. The first-order valence-corrected chi connectivity index (χ1v) is 3.14. The summed E-state index contributed by atoms with van der Waals surface area (Å²) in [6.07, 6.45) is 2.07. The minimum atomic E-state index is 0.809. The van der Waals surface area contributed by atoms with Crippen LogP contribution in [0.1, 0.15) is 0 Å². The fraction of sp³-hybridized carbons (Fsp3) is 0.714. The number of allylic oxidation sites excluding steroid dienone is 1. The third-order valence-corrected chi connectivity index (χ3v) is 2.29. The summed E-state index contributed by atoms with van der Waals surface area (Å²) < 4.78 is 5.19. The Morgan fingerprint density at radius 3 is 2.38 bits per heavy atom.